The number of piperazine rings is 1. The Labute approximate surface area is 439 Å². The van der Waals surface area contributed by atoms with Gasteiger partial charge in [0.05, 0.1) is 27.1 Å². The average Bonchev–Trinajstić information content (AvgIpc) is 3.98. The van der Waals surface area contributed by atoms with Gasteiger partial charge in [-0.05, 0) is 129 Å². The van der Waals surface area contributed by atoms with E-state index in [1.165, 1.54) is 89.4 Å². The third kappa shape index (κ3) is 11.8. The van der Waals surface area contributed by atoms with Crippen LogP contribution in [-0.4, -0.2) is 63.4 Å². The van der Waals surface area contributed by atoms with E-state index in [0.717, 1.165) is 120 Å². The number of rotatable bonds is 17. The van der Waals surface area contributed by atoms with Crippen molar-refractivity contribution in [3.05, 3.63) is 168 Å². The number of benzene rings is 4. The number of pyridine rings is 1. The summed E-state index contributed by atoms with van der Waals surface area (Å²) >= 11 is 1.65. The van der Waals surface area contributed by atoms with E-state index < -0.39 is 0 Å². The fourth-order valence-electron chi connectivity index (χ4n) is 11.6. The van der Waals surface area contributed by atoms with Gasteiger partial charge >= 0.3 is 0 Å². The second kappa shape index (κ2) is 23.6. The highest BCUT2D eigenvalue weighted by molar-refractivity contribution is 7.22. The molecule has 2 atom stereocenters. The monoisotopic (exact) mass is 992 g/mol. The van der Waals surface area contributed by atoms with Crippen LogP contribution in [0.25, 0.3) is 44.0 Å². The number of fused-ring (bicyclic) bond motifs is 3. The van der Waals surface area contributed by atoms with Gasteiger partial charge in [-0.2, -0.15) is 5.10 Å². The van der Waals surface area contributed by atoms with Crippen molar-refractivity contribution in [3.8, 4) is 11.1 Å². The second-order valence-corrected chi connectivity index (χ2v) is 21.7. The van der Waals surface area contributed by atoms with E-state index in [1.54, 1.807) is 17.5 Å². The van der Waals surface area contributed by atoms with Crippen LogP contribution in [0, 0.1) is 19.8 Å². The summed E-state index contributed by atoms with van der Waals surface area (Å²) in [6.07, 6.45) is 16.7. The molecule has 10 heteroatoms. The van der Waals surface area contributed by atoms with Gasteiger partial charge in [0.25, 0.3) is 0 Å². The van der Waals surface area contributed by atoms with Crippen molar-refractivity contribution in [1.82, 2.24) is 30.0 Å². The van der Waals surface area contributed by atoms with Crippen molar-refractivity contribution in [2.45, 2.75) is 110 Å². The second-order valence-electron chi connectivity index (χ2n) is 20.7. The zero-order valence-electron chi connectivity index (χ0n) is 44.2. The van der Waals surface area contributed by atoms with E-state index in [-0.39, 0.29) is 5.92 Å². The molecule has 2 N–H and O–H groups in total. The summed E-state index contributed by atoms with van der Waals surface area (Å²) in [5.74, 6) is 2.15. The van der Waals surface area contributed by atoms with Gasteiger partial charge in [-0.1, -0.05) is 137 Å². The molecule has 4 aromatic carbocycles. The highest BCUT2D eigenvalue weighted by atomic mass is 32.1. The number of hydrogen-bond donors (Lipinski definition) is 2. The summed E-state index contributed by atoms with van der Waals surface area (Å²) in [6, 6.07) is 33.2. The van der Waals surface area contributed by atoms with Crippen LogP contribution in [-0.2, 0) is 20.0 Å². The number of allylic oxidation sites excluding steroid dienone is 1. The van der Waals surface area contributed by atoms with Crippen LogP contribution < -0.4 is 20.4 Å². The van der Waals surface area contributed by atoms with Crippen molar-refractivity contribution < 1.29 is 0 Å². The van der Waals surface area contributed by atoms with Crippen LogP contribution in [0.4, 0.5) is 16.6 Å². The molecule has 380 valence electrons. The highest BCUT2D eigenvalue weighted by Crippen LogP contribution is 2.37. The number of nitrogens with zero attached hydrogens (tertiary/aromatic N) is 7. The van der Waals surface area contributed by atoms with E-state index in [0.29, 0.717) is 6.04 Å². The van der Waals surface area contributed by atoms with E-state index in [1.807, 2.05) is 29.0 Å². The van der Waals surface area contributed by atoms with Gasteiger partial charge in [-0.25, -0.2) is 9.97 Å². The molecule has 73 heavy (non-hydrogen) atoms. The summed E-state index contributed by atoms with van der Waals surface area (Å²) < 4.78 is 3.21. The Morgan fingerprint density at radius 1 is 0.836 bits per heavy atom. The minimum Gasteiger partial charge on any atom is -0.369 e. The molecule has 2 aliphatic heterocycles. The first kappa shape index (κ1) is 51.4. The van der Waals surface area contributed by atoms with Gasteiger partial charge in [0.1, 0.15) is 5.82 Å². The third-order valence-corrected chi connectivity index (χ3v) is 16.7. The predicted molar refractivity (Wildman–Crippen MR) is 313 cm³/mol. The van der Waals surface area contributed by atoms with Crippen molar-refractivity contribution in [1.29, 1.82) is 0 Å². The lowest BCUT2D eigenvalue weighted by Crippen LogP contribution is -2.49. The Morgan fingerprint density at radius 2 is 1.63 bits per heavy atom. The summed E-state index contributed by atoms with van der Waals surface area (Å²) in [5.41, 5.74) is 16.0. The lowest BCUT2D eigenvalue weighted by atomic mass is 9.85. The highest BCUT2D eigenvalue weighted by Gasteiger charge is 2.26. The van der Waals surface area contributed by atoms with Crippen molar-refractivity contribution in [3.63, 3.8) is 0 Å². The maximum absolute atomic E-state index is 5.06. The van der Waals surface area contributed by atoms with Crippen LogP contribution in [0.3, 0.4) is 0 Å². The SMILES string of the molecule is C=CNC(=C)C(CCC)c1nn(C)c2cc(N3CCN([C@@H](C)CCC4CCCCC4)CC3)ccc12.C=Cc1nc(N2CCc3cccc(C(=C)Nc4nc5ccccc5s4)c3C2)ccc1-c1ccc(C)cc1C. The van der Waals surface area contributed by atoms with Crippen LogP contribution in [0.15, 0.2) is 129 Å². The first-order valence-corrected chi connectivity index (χ1v) is 27.7. The molecule has 0 amide bonds. The van der Waals surface area contributed by atoms with Crippen LogP contribution in [0.5, 0.6) is 0 Å². The minimum atomic E-state index is 0.186. The van der Waals surface area contributed by atoms with Crippen molar-refractivity contribution in [2.75, 3.05) is 47.8 Å². The topological polar surface area (TPSA) is 77.4 Å². The molecule has 1 aliphatic carbocycles. The van der Waals surface area contributed by atoms with Gasteiger partial charge in [0.2, 0.25) is 0 Å². The summed E-state index contributed by atoms with van der Waals surface area (Å²) in [7, 11) is 2.06. The van der Waals surface area contributed by atoms with E-state index >= 15 is 0 Å². The summed E-state index contributed by atoms with van der Waals surface area (Å²) in [6.45, 7) is 31.7. The third-order valence-electron chi connectivity index (χ3n) is 15.7. The summed E-state index contributed by atoms with van der Waals surface area (Å²) in [5, 5.41) is 13.7. The molecule has 0 spiro atoms. The van der Waals surface area contributed by atoms with Crippen LogP contribution in [0.2, 0.25) is 0 Å². The standard InChI is InChI=1S/C33H30N4S.C30H47N5/c1-5-29-27(25-14-13-21(2)19-22(25)3)15-16-32(35-29)37-18-17-24-9-8-10-26(28(24)20-37)23(4)34-33-36-30-11-6-7-12-31(30)38-33;1-6-11-27(24(4)31-7-2)30-28-17-16-26(22-29(28)33(5)32-30)35-20-18-34(19-21-35)23(3)14-15-25-12-9-8-10-13-25/h5-16,19H,1,4,17-18,20H2,2-3H3,(H,34,36);7,16-17,22-23,25,27,31H,2,4,6,8-15,18-21H2,1,3,5H3/t;23-,27?/m.0/s1. The predicted octanol–water partition coefficient (Wildman–Crippen LogP) is 14.8. The molecule has 9 nitrogen and oxygen atoms in total. The van der Waals surface area contributed by atoms with Gasteiger partial charge in [0, 0.05) is 91.9 Å². The number of aromatic nitrogens is 4. The lowest BCUT2D eigenvalue weighted by Gasteiger charge is -2.39. The minimum absolute atomic E-state index is 0.186. The zero-order chi connectivity index (χ0) is 51.0. The fraction of sp³-hybridized carbons (Fsp3) is 0.381. The molecular weight excluding hydrogens is 915 g/mol. The number of anilines is 3. The Hall–Kier alpha value is -6.49. The molecule has 1 unspecified atom stereocenters. The molecule has 0 bridgehead atoms. The van der Waals surface area contributed by atoms with Gasteiger partial charge < -0.3 is 20.4 Å². The molecule has 10 rings (SSSR count). The number of aryl methyl sites for hydroxylation is 3. The average molecular weight is 992 g/mol. The smallest absolute Gasteiger partial charge is 0.188 e. The number of hydrogen-bond acceptors (Lipinski definition) is 9. The molecule has 1 saturated carbocycles. The Balaban J connectivity index is 0.000000181. The Bertz CT molecular complexity index is 3040. The van der Waals surface area contributed by atoms with Gasteiger partial charge in [-0.3, -0.25) is 9.58 Å². The molecule has 0 radical (unpaired) electrons. The van der Waals surface area contributed by atoms with Crippen LogP contribution >= 0.6 is 11.3 Å². The molecule has 3 aromatic heterocycles. The Morgan fingerprint density at radius 3 is 2.38 bits per heavy atom. The molecule has 7 aromatic rings. The van der Waals surface area contributed by atoms with E-state index in [2.05, 4.69) is 159 Å². The van der Waals surface area contributed by atoms with Gasteiger partial charge in [0.15, 0.2) is 5.13 Å². The normalized spacial score (nSPS) is 16.1. The first-order valence-electron chi connectivity index (χ1n) is 26.9. The quantitative estimate of drug-likeness (QED) is 0.0934. The number of nitrogens with one attached hydrogen (secondary N) is 2. The maximum Gasteiger partial charge on any atom is 0.188 e. The fourth-order valence-corrected chi connectivity index (χ4v) is 12.5. The molecule has 1 saturated heterocycles. The summed E-state index contributed by atoms with van der Waals surface area (Å²) in [4.78, 5) is 17.4. The zero-order valence-corrected chi connectivity index (χ0v) is 45.0. The van der Waals surface area contributed by atoms with Crippen LogP contribution in [0.1, 0.15) is 117 Å². The molecule has 5 heterocycles. The maximum atomic E-state index is 5.06. The number of thiazole rings is 1. The van der Waals surface area contributed by atoms with E-state index in [9.17, 15) is 0 Å². The van der Waals surface area contributed by atoms with Crippen molar-refractivity contribution >= 4 is 60.9 Å². The lowest BCUT2D eigenvalue weighted by molar-refractivity contribution is 0.175. The largest absolute Gasteiger partial charge is 0.369 e. The first-order chi connectivity index (χ1) is 35.5. The number of para-hydroxylation sites is 1. The van der Waals surface area contributed by atoms with Crippen molar-refractivity contribution in [2.24, 2.45) is 13.0 Å². The Kier molecular flexibility index (Phi) is 16.6. The molecule has 2 fully saturated rings. The van der Waals surface area contributed by atoms with E-state index in [4.69, 9.17) is 15.1 Å². The molecular formula is C63H77N9S. The van der Waals surface area contributed by atoms with Gasteiger partial charge in [-0.15, -0.1) is 0 Å². The molecule has 3 aliphatic rings.